The molecule has 202 valence electrons. The maximum atomic E-state index is 13.8. The number of Topliss-reactive ketones (excluding diaryl/α,β-unsaturated/α-hetero) is 1. The molecular formula is C29H56O5. The summed E-state index contributed by atoms with van der Waals surface area (Å²) < 4.78 is 12.4. The van der Waals surface area contributed by atoms with E-state index in [0.717, 1.165) is 38.7 Å². The third-order valence-electron chi connectivity index (χ3n) is 7.42. The second-order valence-electron chi connectivity index (χ2n) is 10.3. The molecule has 0 aromatic rings. The van der Waals surface area contributed by atoms with Gasteiger partial charge in [0.2, 0.25) is 0 Å². The zero-order valence-corrected chi connectivity index (χ0v) is 23.5. The summed E-state index contributed by atoms with van der Waals surface area (Å²) in [6, 6.07) is 0. The fourth-order valence-electron chi connectivity index (χ4n) is 4.85. The number of hydrogen-bond acceptors (Lipinski definition) is 4. The van der Waals surface area contributed by atoms with E-state index in [1.54, 1.807) is 0 Å². The Hall–Kier alpha value is -0.940. The Morgan fingerprint density at radius 1 is 0.824 bits per heavy atom. The summed E-state index contributed by atoms with van der Waals surface area (Å²) in [5, 5.41) is 9.76. The number of carboxylic acid groups (broad SMARTS) is 1. The van der Waals surface area contributed by atoms with Gasteiger partial charge in [0.25, 0.3) is 0 Å². The van der Waals surface area contributed by atoms with Gasteiger partial charge in [-0.25, -0.2) is 0 Å². The molecule has 0 aliphatic rings. The molecule has 0 spiro atoms. The topological polar surface area (TPSA) is 72.8 Å². The fraction of sp³-hybridized carbons (Fsp3) is 0.931. The molecule has 0 amide bonds. The Morgan fingerprint density at radius 2 is 1.50 bits per heavy atom. The molecule has 0 rings (SSSR count). The maximum Gasteiger partial charge on any atom is 0.307 e. The van der Waals surface area contributed by atoms with E-state index < -0.39 is 23.4 Å². The summed E-state index contributed by atoms with van der Waals surface area (Å²) in [7, 11) is 0. The van der Waals surface area contributed by atoms with Crippen LogP contribution in [0.15, 0.2) is 0 Å². The average molecular weight is 485 g/mol. The lowest BCUT2D eigenvalue weighted by Crippen LogP contribution is -2.48. The summed E-state index contributed by atoms with van der Waals surface area (Å²) in [4.78, 5) is 25.7. The van der Waals surface area contributed by atoms with E-state index >= 15 is 0 Å². The summed E-state index contributed by atoms with van der Waals surface area (Å²) >= 11 is 0. The summed E-state index contributed by atoms with van der Waals surface area (Å²) in [6.07, 6.45) is 10.7. The van der Waals surface area contributed by atoms with Gasteiger partial charge in [0, 0.05) is 25.7 Å². The number of ether oxygens (including phenoxy) is 2. The van der Waals surface area contributed by atoms with Gasteiger partial charge in [0.05, 0.1) is 5.92 Å². The van der Waals surface area contributed by atoms with Crippen LogP contribution in [0.4, 0.5) is 0 Å². The van der Waals surface area contributed by atoms with Crippen molar-refractivity contribution >= 4 is 11.8 Å². The fourth-order valence-corrected chi connectivity index (χ4v) is 4.85. The van der Waals surface area contributed by atoms with Crippen LogP contribution in [0, 0.1) is 23.7 Å². The molecule has 0 radical (unpaired) electrons. The molecule has 5 unspecified atom stereocenters. The normalized spacial score (nSPS) is 17.0. The molecule has 0 bridgehead atoms. The summed E-state index contributed by atoms with van der Waals surface area (Å²) in [5.41, 5.74) is -0.882. The quantitative estimate of drug-likeness (QED) is 0.161. The zero-order valence-electron chi connectivity index (χ0n) is 23.5. The van der Waals surface area contributed by atoms with E-state index in [-0.39, 0.29) is 5.78 Å². The molecule has 34 heavy (non-hydrogen) atoms. The smallest absolute Gasteiger partial charge is 0.307 e. The molecule has 0 fully saturated rings. The van der Waals surface area contributed by atoms with Gasteiger partial charge in [-0.15, -0.1) is 0 Å². The first kappa shape index (κ1) is 33.1. The monoisotopic (exact) mass is 484 g/mol. The van der Waals surface area contributed by atoms with Crippen molar-refractivity contribution in [3.8, 4) is 0 Å². The van der Waals surface area contributed by atoms with Crippen molar-refractivity contribution in [3.05, 3.63) is 0 Å². The third-order valence-corrected chi connectivity index (χ3v) is 7.42. The molecule has 0 aliphatic heterocycles. The average Bonchev–Trinajstić information content (AvgIpc) is 2.82. The molecule has 0 aromatic carbocycles. The van der Waals surface area contributed by atoms with Crippen LogP contribution in [0.1, 0.15) is 126 Å². The molecule has 0 saturated carbocycles. The molecule has 5 atom stereocenters. The number of carboxylic acids is 1. The Kier molecular flexibility index (Phi) is 18.7. The molecule has 0 aliphatic carbocycles. The molecule has 5 nitrogen and oxygen atoms in total. The van der Waals surface area contributed by atoms with E-state index in [0.29, 0.717) is 50.7 Å². The maximum absolute atomic E-state index is 13.8. The largest absolute Gasteiger partial charge is 0.481 e. The number of carbonyl (C=O) groups is 2. The zero-order chi connectivity index (χ0) is 26.0. The Morgan fingerprint density at radius 3 is 2.00 bits per heavy atom. The number of aliphatic carboxylic acids is 1. The van der Waals surface area contributed by atoms with Crippen LogP contribution in [0.2, 0.25) is 0 Å². The number of hydrogen-bond donors (Lipinski definition) is 1. The number of ketones is 1. The van der Waals surface area contributed by atoms with Crippen LogP contribution in [0.3, 0.4) is 0 Å². The van der Waals surface area contributed by atoms with Crippen molar-refractivity contribution in [1.82, 2.24) is 0 Å². The Labute approximate surface area is 210 Å². The van der Waals surface area contributed by atoms with Crippen molar-refractivity contribution in [2.45, 2.75) is 131 Å². The predicted molar refractivity (Wildman–Crippen MR) is 141 cm³/mol. The lowest BCUT2D eigenvalue weighted by atomic mass is 9.74. The highest BCUT2D eigenvalue weighted by Crippen LogP contribution is 2.34. The number of rotatable bonds is 23. The van der Waals surface area contributed by atoms with Crippen molar-refractivity contribution in [3.63, 3.8) is 0 Å². The minimum absolute atomic E-state index is 0.00478. The van der Waals surface area contributed by atoms with E-state index in [1.165, 1.54) is 19.3 Å². The third kappa shape index (κ3) is 11.7. The van der Waals surface area contributed by atoms with Gasteiger partial charge in [-0.1, -0.05) is 87.0 Å². The van der Waals surface area contributed by atoms with Crippen LogP contribution in [-0.2, 0) is 19.1 Å². The highest BCUT2D eigenvalue weighted by Gasteiger charge is 2.44. The lowest BCUT2D eigenvalue weighted by Gasteiger charge is -2.36. The first-order valence-corrected chi connectivity index (χ1v) is 14.2. The molecule has 0 heterocycles. The molecular weight excluding hydrogens is 428 g/mol. The Balaban J connectivity index is 5.14. The standard InChI is InChI=1S/C29H56O5/c1-8-14-17-24(11-4)22-33-21-23(7)18-20-34-29(13-6,19-15-9-2)27(30)26(16-10-3)25(12-5)28(31)32/h23-26H,8-22H2,1-7H3,(H,31,32). The van der Waals surface area contributed by atoms with Crippen LogP contribution in [0.5, 0.6) is 0 Å². The number of carbonyl (C=O) groups excluding carboxylic acids is 1. The molecule has 0 aromatic heterocycles. The van der Waals surface area contributed by atoms with E-state index in [2.05, 4.69) is 27.7 Å². The van der Waals surface area contributed by atoms with E-state index in [9.17, 15) is 14.7 Å². The molecule has 1 N–H and O–H groups in total. The van der Waals surface area contributed by atoms with Gasteiger partial charge in [-0.05, 0) is 50.4 Å². The van der Waals surface area contributed by atoms with Crippen molar-refractivity contribution in [2.24, 2.45) is 23.7 Å². The van der Waals surface area contributed by atoms with Crippen molar-refractivity contribution in [1.29, 1.82) is 0 Å². The van der Waals surface area contributed by atoms with Gasteiger partial charge in [-0.3, -0.25) is 9.59 Å². The number of unbranched alkanes of at least 4 members (excludes halogenated alkanes) is 2. The Bertz CT molecular complexity index is 535. The van der Waals surface area contributed by atoms with Crippen LogP contribution < -0.4 is 0 Å². The highest BCUT2D eigenvalue weighted by molar-refractivity contribution is 5.92. The van der Waals surface area contributed by atoms with Gasteiger partial charge in [0.15, 0.2) is 5.78 Å². The van der Waals surface area contributed by atoms with Gasteiger partial charge < -0.3 is 14.6 Å². The first-order chi connectivity index (χ1) is 16.3. The van der Waals surface area contributed by atoms with Crippen LogP contribution in [-0.4, -0.2) is 42.3 Å². The predicted octanol–water partition coefficient (Wildman–Crippen LogP) is 7.70. The summed E-state index contributed by atoms with van der Waals surface area (Å²) in [6.45, 7) is 16.7. The SMILES string of the molecule is CCCCC(CC)COCC(C)CCOC(CC)(CCCC)C(=O)C(CCC)C(CC)C(=O)O. The molecule has 0 saturated heterocycles. The van der Waals surface area contributed by atoms with Crippen LogP contribution >= 0.6 is 0 Å². The van der Waals surface area contributed by atoms with Gasteiger partial charge >= 0.3 is 5.97 Å². The van der Waals surface area contributed by atoms with Crippen molar-refractivity contribution in [2.75, 3.05) is 19.8 Å². The lowest BCUT2D eigenvalue weighted by molar-refractivity contribution is -0.160. The highest BCUT2D eigenvalue weighted by atomic mass is 16.5. The minimum Gasteiger partial charge on any atom is -0.481 e. The second kappa shape index (κ2) is 19.3. The second-order valence-corrected chi connectivity index (χ2v) is 10.3. The van der Waals surface area contributed by atoms with E-state index in [4.69, 9.17) is 9.47 Å². The van der Waals surface area contributed by atoms with Crippen molar-refractivity contribution < 1.29 is 24.2 Å². The van der Waals surface area contributed by atoms with Crippen LogP contribution in [0.25, 0.3) is 0 Å². The van der Waals surface area contributed by atoms with Gasteiger partial charge in [-0.2, -0.15) is 0 Å². The minimum atomic E-state index is -0.882. The van der Waals surface area contributed by atoms with E-state index in [1.807, 2.05) is 20.8 Å². The van der Waals surface area contributed by atoms with Gasteiger partial charge in [0.1, 0.15) is 5.60 Å². The first-order valence-electron chi connectivity index (χ1n) is 14.2. The summed E-state index contributed by atoms with van der Waals surface area (Å²) in [5.74, 6) is -1.00. The molecule has 5 heteroatoms.